The Kier molecular flexibility index (Phi) is 6.17. The number of carbonyl (C=O) groups excluding carboxylic acids is 1. The molecule has 4 rings (SSSR count). The van der Waals surface area contributed by atoms with Crippen LogP contribution in [-0.2, 0) is 11.3 Å². The summed E-state index contributed by atoms with van der Waals surface area (Å²) in [6.45, 7) is 2.02. The van der Waals surface area contributed by atoms with Gasteiger partial charge in [0, 0.05) is 36.5 Å². The first-order chi connectivity index (χ1) is 15.5. The van der Waals surface area contributed by atoms with Crippen LogP contribution in [0.1, 0.15) is 12.5 Å². The van der Waals surface area contributed by atoms with Gasteiger partial charge in [-0.1, -0.05) is 18.2 Å². The van der Waals surface area contributed by atoms with Crippen molar-refractivity contribution in [2.24, 2.45) is 0 Å². The van der Waals surface area contributed by atoms with Gasteiger partial charge in [0.1, 0.15) is 17.1 Å². The summed E-state index contributed by atoms with van der Waals surface area (Å²) in [5, 5.41) is 3.58. The van der Waals surface area contributed by atoms with E-state index >= 15 is 0 Å². The molecule has 1 N–H and O–H groups in total. The molecule has 2 aromatic heterocycles. The predicted octanol–water partition coefficient (Wildman–Crippen LogP) is 3.95. The third-order valence-corrected chi connectivity index (χ3v) is 4.99. The minimum absolute atomic E-state index is 0.262. The van der Waals surface area contributed by atoms with Crippen molar-refractivity contribution in [3.63, 3.8) is 0 Å². The fourth-order valence-corrected chi connectivity index (χ4v) is 3.32. The standard InChI is InChI=1S/C25H22N2O5/c1-16(25(29)27-15-17-4-3-11-26-14-17)31-20-9-10-21-22(13-24(28)32-23(21)12-20)18-5-7-19(30-2)8-6-18/h3-14,16H,15H2,1-2H3,(H,27,29). The SMILES string of the molecule is COc1ccc(-c2cc(=O)oc3cc(OC(C)C(=O)NCc4cccnc4)ccc23)cc1. The van der Waals surface area contributed by atoms with Crippen LogP contribution in [0, 0.1) is 0 Å². The number of hydrogen-bond acceptors (Lipinski definition) is 6. The topological polar surface area (TPSA) is 90.7 Å². The van der Waals surface area contributed by atoms with Gasteiger partial charge >= 0.3 is 5.63 Å². The Balaban J connectivity index is 1.53. The molecule has 2 aromatic carbocycles. The fraction of sp³-hybridized carbons (Fsp3) is 0.160. The zero-order valence-corrected chi connectivity index (χ0v) is 17.7. The summed E-state index contributed by atoms with van der Waals surface area (Å²) in [5.41, 5.74) is 2.41. The average molecular weight is 430 g/mol. The summed E-state index contributed by atoms with van der Waals surface area (Å²) in [6, 6.07) is 17.8. The summed E-state index contributed by atoms with van der Waals surface area (Å²) in [4.78, 5) is 28.6. The highest BCUT2D eigenvalue weighted by Gasteiger charge is 2.16. The van der Waals surface area contributed by atoms with Gasteiger partial charge in [-0.3, -0.25) is 9.78 Å². The Hall–Kier alpha value is -4.13. The minimum Gasteiger partial charge on any atom is -0.497 e. The molecule has 7 nitrogen and oxygen atoms in total. The molecule has 0 aliphatic carbocycles. The molecular weight excluding hydrogens is 408 g/mol. The molecule has 32 heavy (non-hydrogen) atoms. The number of aromatic nitrogens is 1. The number of nitrogens with one attached hydrogen (secondary N) is 1. The van der Waals surface area contributed by atoms with Gasteiger partial charge in [-0.25, -0.2) is 4.79 Å². The van der Waals surface area contributed by atoms with Crippen LogP contribution < -0.4 is 20.4 Å². The van der Waals surface area contributed by atoms with Crippen molar-refractivity contribution in [2.45, 2.75) is 19.6 Å². The number of amides is 1. The van der Waals surface area contributed by atoms with Crippen molar-refractivity contribution in [2.75, 3.05) is 7.11 Å². The smallest absolute Gasteiger partial charge is 0.336 e. The van der Waals surface area contributed by atoms with E-state index in [-0.39, 0.29) is 5.91 Å². The van der Waals surface area contributed by atoms with Crippen LogP contribution in [0.2, 0.25) is 0 Å². The van der Waals surface area contributed by atoms with E-state index in [1.54, 1.807) is 38.6 Å². The van der Waals surface area contributed by atoms with E-state index in [1.165, 1.54) is 6.07 Å². The van der Waals surface area contributed by atoms with Crippen molar-refractivity contribution in [1.82, 2.24) is 10.3 Å². The molecule has 1 unspecified atom stereocenters. The molecule has 2 heterocycles. The number of pyridine rings is 1. The lowest BCUT2D eigenvalue weighted by molar-refractivity contribution is -0.127. The van der Waals surface area contributed by atoms with Gasteiger partial charge in [0.05, 0.1) is 7.11 Å². The Morgan fingerprint density at radius 2 is 1.88 bits per heavy atom. The minimum atomic E-state index is -0.736. The lowest BCUT2D eigenvalue weighted by Crippen LogP contribution is -2.35. The maximum absolute atomic E-state index is 12.4. The van der Waals surface area contributed by atoms with Crippen LogP contribution in [0.3, 0.4) is 0 Å². The van der Waals surface area contributed by atoms with Crippen LogP contribution in [-0.4, -0.2) is 24.1 Å². The Morgan fingerprint density at radius 1 is 1.09 bits per heavy atom. The van der Waals surface area contributed by atoms with Gasteiger partial charge in [-0.05, 0) is 53.9 Å². The molecule has 0 aliphatic rings. The molecule has 0 saturated carbocycles. The molecule has 4 aromatic rings. The van der Waals surface area contributed by atoms with E-state index in [2.05, 4.69) is 10.3 Å². The van der Waals surface area contributed by atoms with E-state index < -0.39 is 11.7 Å². The van der Waals surface area contributed by atoms with Crippen molar-refractivity contribution in [3.8, 4) is 22.6 Å². The van der Waals surface area contributed by atoms with Gasteiger partial charge < -0.3 is 19.2 Å². The van der Waals surface area contributed by atoms with Crippen LogP contribution >= 0.6 is 0 Å². The number of rotatable bonds is 7. The van der Waals surface area contributed by atoms with Crippen LogP contribution in [0.25, 0.3) is 22.1 Å². The quantitative estimate of drug-likeness (QED) is 0.447. The highest BCUT2D eigenvalue weighted by atomic mass is 16.5. The summed E-state index contributed by atoms with van der Waals surface area (Å²) in [5.74, 6) is 0.895. The first-order valence-corrected chi connectivity index (χ1v) is 10.1. The molecule has 1 atom stereocenters. The largest absolute Gasteiger partial charge is 0.497 e. The number of fused-ring (bicyclic) bond motifs is 1. The van der Waals surface area contributed by atoms with E-state index in [9.17, 15) is 9.59 Å². The first-order valence-electron chi connectivity index (χ1n) is 10.1. The molecule has 0 radical (unpaired) electrons. The summed E-state index contributed by atoms with van der Waals surface area (Å²) in [7, 11) is 1.60. The van der Waals surface area contributed by atoms with Gasteiger partial charge in [0.15, 0.2) is 6.10 Å². The summed E-state index contributed by atoms with van der Waals surface area (Å²) < 4.78 is 16.4. The number of nitrogens with zero attached hydrogens (tertiary/aromatic N) is 1. The van der Waals surface area contributed by atoms with Gasteiger partial charge in [-0.2, -0.15) is 0 Å². The molecular formula is C25H22N2O5. The van der Waals surface area contributed by atoms with Crippen LogP contribution in [0.15, 0.2) is 82.3 Å². The normalized spacial score (nSPS) is 11.7. The van der Waals surface area contributed by atoms with Crippen LogP contribution in [0.4, 0.5) is 0 Å². The average Bonchev–Trinajstić information content (AvgIpc) is 2.82. The number of benzene rings is 2. The maximum Gasteiger partial charge on any atom is 0.336 e. The highest BCUT2D eigenvalue weighted by Crippen LogP contribution is 2.31. The highest BCUT2D eigenvalue weighted by molar-refractivity contribution is 5.94. The Morgan fingerprint density at radius 3 is 2.59 bits per heavy atom. The van der Waals surface area contributed by atoms with Gasteiger partial charge in [-0.15, -0.1) is 0 Å². The molecule has 0 bridgehead atoms. The molecule has 162 valence electrons. The molecule has 0 spiro atoms. The second-order valence-electron chi connectivity index (χ2n) is 7.20. The molecule has 1 amide bonds. The Bertz CT molecular complexity index is 1280. The second-order valence-corrected chi connectivity index (χ2v) is 7.20. The van der Waals surface area contributed by atoms with Crippen LogP contribution in [0.5, 0.6) is 11.5 Å². The molecule has 0 saturated heterocycles. The second kappa shape index (κ2) is 9.34. The van der Waals surface area contributed by atoms with Crippen molar-refractivity contribution in [3.05, 3.63) is 89.0 Å². The number of methoxy groups -OCH3 is 1. The third kappa shape index (κ3) is 4.78. The van der Waals surface area contributed by atoms with Crippen molar-refractivity contribution >= 4 is 16.9 Å². The molecule has 0 aliphatic heterocycles. The summed E-state index contributed by atoms with van der Waals surface area (Å²) in [6.07, 6.45) is 2.63. The summed E-state index contributed by atoms with van der Waals surface area (Å²) >= 11 is 0. The number of carbonyl (C=O) groups is 1. The monoisotopic (exact) mass is 430 g/mol. The first kappa shape index (κ1) is 21.1. The van der Waals surface area contributed by atoms with E-state index in [4.69, 9.17) is 13.9 Å². The third-order valence-electron chi connectivity index (χ3n) is 4.99. The van der Waals surface area contributed by atoms with E-state index in [0.717, 1.165) is 27.8 Å². The Labute approximate surface area is 184 Å². The van der Waals surface area contributed by atoms with E-state index in [1.807, 2.05) is 42.5 Å². The van der Waals surface area contributed by atoms with Gasteiger partial charge in [0.2, 0.25) is 0 Å². The lowest BCUT2D eigenvalue weighted by Gasteiger charge is -2.15. The van der Waals surface area contributed by atoms with Gasteiger partial charge in [0.25, 0.3) is 5.91 Å². The predicted molar refractivity (Wildman–Crippen MR) is 121 cm³/mol. The van der Waals surface area contributed by atoms with E-state index in [0.29, 0.717) is 17.9 Å². The molecule has 7 heteroatoms. The maximum atomic E-state index is 12.4. The number of ether oxygens (including phenoxy) is 2. The fourth-order valence-electron chi connectivity index (χ4n) is 3.32. The zero-order chi connectivity index (χ0) is 22.5. The van der Waals surface area contributed by atoms with Crippen molar-refractivity contribution < 1.29 is 18.7 Å². The molecule has 0 fully saturated rings. The number of hydrogen-bond donors (Lipinski definition) is 1. The zero-order valence-electron chi connectivity index (χ0n) is 17.7. The lowest BCUT2D eigenvalue weighted by atomic mass is 10.0. The van der Waals surface area contributed by atoms with Crippen molar-refractivity contribution in [1.29, 1.82) is 0 Å².